The number of nitrogens with one attached hydrogen (secondary N) is 2. The van der Waals surface area contributed by atoms with Crippen molar-refractivity contribution in [1.82, 2.24) is 59.6 Å². The highest BCUT2D eigenvalue weighted by Gasteiger charge is 2.53. The maximum absolute atomic E-state index is 14.7. The van der Waals surface area contributed by atoms with Gasteiger partial charge >= 0.3 is 6.18 Å². The molecular formula is C54H81F3N12O13. The van der Waals surface area contributed by atoms with E-state index in [0.29, 0.717) is 17.7 Å². The van der Waals surface area contributed by atoms with Crippen LogP contribution in [0.25, 0.3) is 0 Å². The van der Waals surface area contributed by atoms with Crippen LogP contribution >= 0.6 is 0 Å². The molecule has 4 aliphatic rings. The van der Waals surface area contributed by atoms with Crippen LogP contribution in [0.2, 0.25) is 0 Å². The predicted molar refractivity (Wildman–Crippen MR) is 288 cm³/mol. The van der Waals surface area contributed by atoms with E-state index in [9.17, 15) is 70.7 Å². The summed E-state index contributed by atoms with van der Waals surface area (Å²) >= 11 is 0. The Balaban J connectivity index is 1.80. The summed E-state index contributed by atoms with van der Waals surface area (Å²) in [5, 5.41) is 4.82. The average Bonchev–Trinajstić information content (AvgIpc) is 4.06. The van der Waals surface area contributed by atoms with Gasteiger partial charge in [0.2, 0.25) is 71.2 Å². The molecule has 6 unspecified atom stereocenters. The fourth-order valence-corrected chi connectivity index (χ4v) is 10.3. The van der Waals surface area contributed by atoms with Gasteiger partial charge in [0.25, 0.3) is 5.91 Å². The summed E-state index contributed by atoms with van der Waals surface area (Å²) in [7, 11) is 9.91. The van der Waals surface area contributed by atoms with E-state index in [4.69, 9.17) is 11.2 Å². The Morgan fingerprint density at radius 2 is 1.39 bits per heavy atom. The maximum atomic E-state index is 14.7. The predicted octanol–water partition coefficient (Wildman–Crippen LogP) is -1.15. The van der Waals surface area contributed by atoms with Crippen molar-refractivity contribution in [3.05, 3.63) is 12.2 Å². The van der Waals surface area contributed by atoms with E-state index in [1.165, 1.54) is 65.9 Å². The molecule has 0 radical (unpaired) electrons. The molecule has 2 bridgehead atoms. The molecule has 1 spiro atoms. The topological polar surface area (TPSA) is 271 Å². The first-order valence-corrected chi connectivity index (χ1v) is 27.2. The zero-order valence-electron chi connectivity index (χ0n) is 49.1. The van der Waals surface area contributed by atoms with Gasteiger partial charge in [-0.1, -0.05) is 31.9 Å². The van der Waals surface area contributed by atoms with E-state index in [0.717, 1.165) is 48.4 Å². The Morgan fingerprint density at radius 3 is 1.95 bits per heavy atom. The summed E-state index contributed by atoms with van der Waals surface area (Å²) in [6, 6.07) is -8.09. The first-order chi connectivity index (χ1) is 38.2. The monoisotopic (exact) mass is 1160 g/mol. The second-order valence-electron chi connectivity index (χ2n) is 22.2. The number of alkyl halides is 3. The summed E-state index contributed by atoms with van der Waals surface area (Å²) in [4.78, 5) is 180. The van der Waals surface area contributed by atoms with Crippen LogP contribution in [-0.2, 0) is 62.3 Å². The fraction of sp³-hybridized carbons (Fsp3) is 0.704. The zero-order valence-corrected chi connectivity index (χ0v) is 49.1. The van der Waals surface area contributed by atoms with E-state index in [2.05, 4.69) is 16.6 Å². The highest BCUT2D eigenvalue weighted by Crippen LogP contribution is 2.40. The zero-order chi connectivity index (χ0) is 61.9. The summed E-state index contributed by atoms with van der Waals surface area (Å²) in [6.45, 7) is 2.90. The Morgan fingerprint density at radius 1 is 0.756 bits per heavy atom. The Hall–Kier alpha value is -7.31. The van der Waals surface area contributed by atoms with Gasteiger partial charge in [0.15, 0.2) is 0 Å². The largest absolute Gasteiger partial charge is 0.391 e. The van der Waals surface area contributed by atoms with Crippen LogP contribution < -0.4 is 10.6 Å². The van der Waals surface area contributed by atoms with E-state index >= 15 is 0 Å². The van der Waals surface area contributed by atoms with Gasteiger partial charge in [0, 0.05) is 69.5 Å². The van der Waals surface area contributed by atoms with Gasteiger partial charge in [-0.25, -0.2) is 0 Å². The number of halogens is 3. The van der Waals surface area contributed by atoms with Gasteiger partial charge < -0.3 is 64.4 Å². The standard InChI is InChI=1S/C54H81F3N12O13/c1-14-24-67-32-43(74)63(10)35-20-16-15-17-25-69(48(35)78)51(82-34(4)5)50(80)61(8)30-39(70)58-29-41(72)68-26-18-21-36(68)47(77)66(13)53(22-19-23-53)52(81)62(9)31-42(73)64(11)37(46(76)60(6)7)27-40(71)65(12)38(28-54(55,56)57)45(75)59-44(33(2)3)49(67)79/h1,15-16,33-38,44,51H,17-32H2,2-13H3,(H,58,70)(H,59,75). The molecule has 3 aliphatic heterocycles. The second-order valence-corrected chi connectivity index (χ2v) is 22.2. The van der Waals surface area contributed by atoms with Crippen molar-refractivity contribution in [2.45, 2.75) is 140 Å². The molecule has 1 saturated carbocycles. The number of hydrogen-bond acceptors (Lipinski definition) is 13. The van der Waals surface area contributed by atoms with Gasteiger partial charge in [0.05, 0.1) is 45.1 Å². The van der Waals surface area contributed by atoms with E-state index < -0.39 is 177 Å². The number of carbonyl (C=O) groups is 12. The molecule has 6 atom stereocenters. The molecule has 3 fully saturated rings. The molecule has 28 heteroatoms. The van der Waals surface area contributed by atoms with Gasteiger partial charge in [0.1, 0.15) is 42.3 Å². The fourth-order valence-electron chi connectivity index (χ4n) is 10.3. The smallest absolute Gasteiger partial charge is 0.347 e. The first-order valence-electron chi connectivity index (χ1n) is 27.2. The van der Waals surface area contributed by atoms with Gasteiger partial charge in [-0.15, -0.1) is 6.42 Å². The second kappa shape index (κ2) is 28.6. The quantitative estimate of drug-likeness (QED) is 0.235. The van der Waals surface area contributed by atoms with Crippen molar-refractivity contribution >= 4 is 70.9 Å². The molecule has 0 aromatic heterocycles. The lowest BCUT2D eigenvalue weighted by molar-refractivity contribution is -0.174. The Kier molecular flexibility index (Phi) is 23.4. The Labute approximate surface area is 477 Å². The van der Waals surface area contributed by atoms with E-state index in [1.807, 2.05) is 0 Å². The van der Waals surface area contributed by atoms with Crippen LogP contribution in [0.5, 0.6) is 0 Å². The molecule has 25 nitrogen and oxygen atoms in total. The van der Waals surface area contributed by atoms with Crippen LogP contribution in [0.15, 0.2) is 12.2 Å². The third kappa shape index (κ3) is 16.2. The van der Waals surface area contributed by atoms with Crippen molar-refractivity contribution in [2.24, 2.45) is 5.92 Å². The number of carbonyl (C=O) groups excluding carboxylic acids is 12. The van der Waals surface area contributed by atoms with Crippen molar-refractivity contribution in [2.75, 3.05) is 102 Å². The van der Waals surface area contributed by atoms with Crippen LogP contribution in [0.1, 0.15) is 85.5 Å². The molecule has 82 heavy (non-hydrogen) atoms. The van der Waals surface area contributed by atoms with Crippen molar-refractivity contribution in [3.8, 4) is 12.3 Å². The Bertz CT molecular complexity index is 2520. The summed E-state index contributed by atoms with van der Waals surface area (Å²) < 4.78 is 49.3. The minimum atomic E-state index is -5.10. The molecule has 2 N–H and O–H groups in total. The highest BCUT2D eigenvalue weighted by molar-refractivity contribution is 6.00. The maximum Gasteiger partial charge on any atom is 0.391 e. The number of amides is 12. The minimum Gasteiger partial charge on any atom is -0.347 e. The lowest BCUT2D eigenvalue weighted by Gasteiger charge is -2.49. The van der Waals surface area contributed by atoms with Crippen molar-refractivity contribution < 1.29 is 75.4 Å². The third-order valence-electron chi connectivity index (χ3n) is 15.4. The number of likely N-dealkylation sites (N-methyl/N-ethyl adjacent to an activating group) is 7. The number of hydrogen-bond donors (Lipinski definition) is 2. The van der Waals surface area contributed by atoms with Crippen molar-refractivity contribution in [1.29, 1.82) is 0 Å². The SMILES string of the molecule is C#CCN1CC(=O)N(C)C2CC=CCCN(C2=O)C(OC(C)C)C(=O)N(C)CC(=O)NCC(=O)N2CCCC2C(=O)N(C)C2(CCC2)C(=O)N(C)CC(=O)N(C)C(C(=O)N(C)C)CC(=O)N(C)C(CC(F)(F)F)C(=O)NC(C(C)C)C1=O. The van der Waals surface area contributed by atoms with E-state index in [-0.39, 0.29) is 45.2 Å². The lowest BCUT2D eigenvalue weighted by Crippen LogP contribution is -2.66. The number of nitrogens with zero attached hydrogens (tertiary/aromatic N) is 10. The van der Waals surface area contributed by atoms with Gasteiger partial charge in [-0.3, -0.25) is 57.5 Å². The molecule has 456 valence electrons. The third-order valence-corrected chi connectivity index (χ3v) is 15.4. The number of terminal acetylenes is 1. The van der Waals surface area contributed by atoms with Crippen LogP contribution in [0, 0.1) is 18.3 Å². The summed E-state index contributed by atoms with van der Waals surface area (Å²) in [5.74, 6) is -9.13. The molecule has 0 aromatic carbocycles. The molecule has 1 aliphatic carbocycles. The average molecular weight is 1160 g/mol. The molecule has 0 aromatic rings. The van der Waals surface area contributed by atoms with Crippen molar-refractivity contribution in [3.63, 3.8) is 0 Å². The molecule has 3 heterocycles. The van der Waals surface area contributed by atoms with E-state index in [1.54, 1.807) is 26.0 Å². The van der Waals surface area contributed by atoms with Gasteiger partial charge in [-0.2, -0.15) is 13.2 Å². The summed E-state index contributed by atoms with van der Waals surface area (Å²) in [6.07, 6.45) is 0.380. The highest BCUT2D eigenvalue weighted by atomic mass is 19.4. The number of fused-ring (bicyclic) bond motifs is 3. The van der Waals surface area contributed by atoms with Gasteiger partial charge in [-0.05, 0) is 64.7 Å². The van der Waals surface area contributed by atoms with Crippen LogP contribution in [0.4, 0.5) is 13.2 Å². The summed E-state index contributed by atoms with van der Waals surface area (Å²) in [5.41, 5.74) is -1.46. The molecular weight excluding hydrogens is 1080 g/mol. The lowest BCUT2D eigenvalue weighted by atomic mass is 9.74. The number of rotatable bonds is 6. The van der Waals surface area contributed by atoms with Crippen LogP contribution in [0.3, 0.4) is 0 Å². The molecule has 4 rings (SSSR count). The molecule has 12 amide bonds. The number of ether oxygens (including phenoxy) is 1. The first kappa shape index (κ1) is 67.2. The minimum absolute atomic E-state index is 0.0836. The molecule has 2 saturated heterocycles. The normalized spacial score (nSPS) is 25.8. The van der Waals surface area contributed by atoms with Crippen LogP contribution in [-0.4, -0.2) is 276 Å².